The van der Waals surface area contributed by atoms with Gasteiger partial charge in [-0.1, -0.05) is 34.1 Å². The van der Waals surface area contributed by atoms with Crippen molar-refractivity contribution in [2.45, 2.75) is 59.4 Å². The molecule has 0 aliphatic carbocycles. The Balaban J connectivity index is 1.94. The topological polar surface area (TPSA) is 15.3 Å². The second-order valence-electron chi connectivity index (χ2n) is 6.26. The zero-order valence-electron chi connectivity index (χ0n) is 12.3. The van der Waals surface area contributed by atoms with Gasteiger partial charge in [0.2, 0.25) is 0 Å². The summed E-state index contributed by atoms with van der Waals surface area (Å²) in [5, 5.41) is 3.48. The van der Waals surface area contributed by atoms with Crippen molar-refractivity contribution in [2.75, 3.05) is 26.2 Å². The minimum Gasteiger partial charge on any atom is -0.315 e. The lowest BCUT2D eigenvalue weighted by atomic mass is 9.95. The van der Waals surface area contributed by atoms with Crippen LogP contribution in [0.5, 0.6) is 0 Å². The SMILES string of the molecule is CC(C)NCCCCCN1CCC(C(C)C)C1. The van der Waals surface area contributed by atoms with Gasteiger partial charge in [-0.2, -0.15) is 0 Å². The molecule has 0 saturated carbocycles. The molecule has 1 aliphatic heterocycles. The molecule has 1 heterocycles. The fraction of sp³-hybridized carbons (Fsp3) is 1.00. The molecule has 0 radical (unpaired) electrons. The molecular formula is C15H32N2. The number of nitrogens with zero attached hydrogens (tertiary/aromatic N) is 1. The van der Waals surface area contributed by atoms with E-state index in [-0.39, 0.29) is 0 Å². The van der Waals surface area contributed by atoms with E-state index in [1.54, 1.807) is 0 Å². The molecule has 102 valence electrons. The van der Waals surface area contributed by atoms with E-state index < -0.39 is 0 Å². The van der Waals surface area contributed by atoms with E-state index in [2.05, 4.69) is 37.9 Å². The quantitative estimate of drug-likeness (QED) is 0.656. The molecule has 1 fully saturated rings. The molecule has 1 rings (SSSR count). The number of nitrogens with one attached hydrogen (secondary N) is 1. The van der Waals surface area contributed by atoms with Crippen molar-refractivity contribution in [2.24, 2.45) is 11.8 Å². The van der Waals surface area contributed by atoms with Gasteiger partial charge in [0.05, 0.1) is 0 Å². The Bertz CT molecular complexity index is 189. The van der Waals surface area contributed by atoms with Crippen molar-refractivity contribution in [3.05, 3.63) is 0 Å². The molecule has 17 heavy (non-hydrogen) atoms. The number of likely N-dealkylation sites (tertiary alicyclic amines) is 1. The summed E-state index contributed by atoms with van der Waals surface area (Å²) in [6.45, 7) is 14.4. The Labute approximate surface area is 108 Å². The molecule has 1 atom stereocenters. The molecule has 2 heteroatoms. The summed E-state index contributed by atoms with van der Waals surface area (Å²) in [6, 6.07) is 0.639. The molecule has 2 nitrogen and oxygen atoms in total. The third-order valence-electron chi connectivity index (χ3n) is 3.96. The standard InChI is InChI=1S/C15H32N2/c1-13(2)15-8-11-17(12-15)10-7-5-6-9-16-14(3)4/h13-16H,5-12H2,1-4H3. The molecule has 0 aromatic rings. The van der Waals surface area contributed by atoms with E-state index in [4.69, 9.17) is 0 Å². The summed E-state index contributed by atoms with van der Waals surface area (Å²) < 4.78 is 0. The van der Waals surface area contributed by atoms with Gasteiger partial charge in [0, 0.05) is 12.6 Å². The second-order valence-corrected chi connectivity index (χ2v) is 6.26. The van der Waals surface area contributed by atoms with E-state index in [9.17, 15) is 0 Å². The normalized spacial score (nSPS) is 21.9. The van der Waals surface area contributed by atoms with Gasteiger partial charge < -0.3 is 10.2 Å². The predicted octanol–water partition coefficient (Wildman–Crippen LogP) is 3.13. The highest BCUT2D eigenvalue weighted by molar-refractivity contribution is 4.77. The molecule has 0 bridgehead atoms. The third-order valence-corrected chi connectivity index (χ3v) is 3.96. The zero-order valence-corrected chi connectivity index (χ0v) is 12.3. The van der Waals surface area contributed by atoms with Gasteiger partial charge in [-0.3, -0.25) is 0 Å². The summed E-state index contributed by atoms with van der Waals surface area (Å²) in [5.41, 5.74) is 0. The zero-order chi connectivity index (χ0) is 12.7. The summed E-state index contributed by atoms with van der Waals surface area (Å²) >= 11 is 0. The maximum absolute atomic E-state index is 3.48. The maximum Gasteiger partial charge on any atom is 0.00126 e. The van der Waals surface area contributed by atoms with Crippen molar-refractivity contribution < 1.29 is 0 Å². The maximum atomic E-state index is 3.48. The Hall–Kier alpha value is -0.0800. The predicted molar refractivity (Wildman–Crippen MR) is 76.4 cm³/mol. The van der Waals surface area contributed by atoms with Gasteiger partial charge in [-0.05, 0) is 50.7 Å². The lowest BCUT2D eigenvalue weighted by Crippen LogP contribution is -2.25. The van der Waals surface area contributed by atoms with Crippen molar-refractivity contribution in [1.82, 2.24) is 10.2 Å². The van der Waals surface area contributed by atoms with Gasteiger partial charge in [0.25, 0.3) is 0 Å². The Morgan fingerprint density at radius 2 is 1.88 bits per heavy atom. The molecule has 0 amide bonds. The number of unbranched alkanes of at least 4 members (excludes halogenated alkanes) is 2. The Morgan fingerprint density at radius 3 is 2.47 bits per heavy atom. The molecule has 1 unspecified atom stereocenters. The molecule has 1 N–H and O–H groups in total. The minimum absolute atomic E-state index is 0.639. The Morgan fingerprint density at radius 1 is 1.12 bits per heavy atom. The van der Waals surface area contributed by atoms with Crippen LogP contribution in [0.2, 0.25) is 0 Å². The van der Waals surface area contributed by atoms with Gasteiger partial charge >= 0.3 is 0 Å². The largest absolute Gasteiger partial charge is 0.315 e. The fourth-order valence-electron chi connectivity index (χ4n) is 2.64. The van der Waals surface area contributed by atoms with Gasteiger partial charge in [0.15, 0.2) is 0 Å². The first-order valence-electron chi connectivity index (χ1n) is 7.55. The molecule has 0 aromatic carbocycles. The second kappa shape index (κ2) is 8.10. The van der Waals surface area contributed by atoms with Crippen LogP contribution in [0.25, 0.3) is 0 Å². The number of rotatable bonds is 8. The van der Waals surface area contributed by atoms with Crippen LogP contribution >= 0.6 is 0 Å². The Kier molecular flexibility index (Phi) is 7.14. The highest BCUT2D eigenvalue weighted by Crippen LogP contribution is 2.23. The van der Waals surface area contributed by atoms with Crippen LogP contribution < -0.4 is 5.32 Å². The van der Waals surface area contributed by atoms with Crippen LogP contribution in [0.4, 0.5) is 0 Å². The van der Waals surface area contributed by atoms with Crippen molar-refractivity contribution in [3.63, 3.8) is 0 Å². The average Bonchev–Trinajstić information content (AvgIpc) is 2.71. The van der Waals surface area contributed by atoms with E-state index in [0.29, 0.717) is 6.04 Å². The van der Waals surface area contributed by atoms with E-state index in [0.717, 1.165) is 11.8 Å². The molecular weight excluding hydrogens is 208 g/mol. The third kappa shape index (κ3) is 6.42. The minimum atomic E-state index is 0.639. The van der Waals surface area contributed by atoms with Crippen LogP contribution in [0.3, 0.4) is 0 Å². The molecule has 0 aromatic heterocycles. The lowest BCUT2D eigenvalue weighted by molar-refractivity contribution is 0.296. The fourth-order valence-corrected chi connectivity index (χ4v) is 2.64. The van der Waals surface area contributed by atoms with Crippen LogP contribution in [-0.2, 0) is 0 Å². The molecule has 0 spiro atoms. The van der Waals surface area contributed by atoms with E-state index in [1.165, 1.54) is 51.9 Å². The van der Waals surface area contributed by atoms with Crippen molar-refractivity contribution in [3.8, 4) is 0 Å². The monoisotopic (exact) mass is 240 g/mol. The van der Waals surface area contributed by atoms with Crippen LogP contribution in [0.1, 0.15) is 53.4 Å². The molecule has 1 aliphatic rings. The summed E-state index contributed by atoms with van der Waals surface area (Å²) in [7, 11) is 0. The van der Waals surface area contributed by atoms with Crippen molar-refractivity contribution in [1.29, 1.82) is 0 Å². The van der Waals surface area contributed by atoms with Crippen LogP contribution in [-0.4, -0.2) is 37.1 Å². The summed E-state index contributed by atoms with van der Waals surface area (Å²) in [5.74, 6) is 1.83. The van der Waals surface area contributed by atoms with Crippen LogP contribution in [0, 0.1) is 11.8 Å². The first kappa shape index (κ1) is 15.0. The highest BCUT2D eigenvalue weighted by atomic mass is 15.1. The van der Waals surface area contributed by atoms with Crippen LogP contribution in [0.15, 0.2) is 0 Å². The lowest BCUT2D eigenvalue weighted by Gasteiger charge is -2.17. The first-order valence-corrected chi connectivity index (χ1v) is 7.55. The van der Waals surface area contributed by atoms with E-state index >= 15 is 0 Å². The summed E-state index contributed by atoms with van der Waals surface area (Å²) in [6.07, 6.45) is 5.51. The van der Waals surface area contributed by atoms with E-state index in [1.807, 2.05) is 0 Å². The van der Waals surface area contributed by atoms with Gasteiger partial charge in [-0.25, -0.2) is 0 Å². The van der Waals surface area contributed by atoms with Crippen molar-refractivity contribution >= 4 is 0 Å². The first-order chi connectivity index (χ1) is 8.09. The average molecular weight is 240 g/mol. The van der Waals surface area contributed by atoms with Gasteiger partial charge in [0.1, 0.15) is 0 Å². The van der Waals surface area contributed by atoms with Gasteiger partial charge in [-0.15, -0.1) is 0 Å². The summed E-state index contributed by atoms with van der Waals surface area (Å²) in [4.78, 5) is 2.67. The number of hydrogen-bond acceptors (Lipinski definition) is 2. The smallest absolute Gasteiger partial charge is 0.00126 e. The number of hydrogen-bond donors (Lipinski definition) is 1. The highest BCUT2D eigenvalue weighted by Gasteiger charge is 2.23. The molecule has 1 saturated heterocycles.